The lowest BCUT2D eigenvalue weighted by Crippen LogP contribution is -3.17. The number of halogens is 2. The summed E-state index contributed by atoms with van der Waals surface area (Å²) in [5.41, 5.74) is 3.19. The Balaban J connectivity index is 1.63. The summed E-state index contributed by atoms with van der Waals surface area (Å²) in [5, 5.41) is 11.0. The van der Waals surface area contributed by atoms with E-state index in [0.29, 0.717) is 34.0 Å². The standard InChI is InChI=1S/C33H23Cl2NO5/c1-2-19-15-16-28-23(17-19)24(18-29(37)40-28)31-30(22-11-5-8-14-27(22)41-31)36(32(38)20-9-3-6-12-25(20)34)33(39)21-10-4-7-13-26(21)35/h3-18,30,37H,2H2,1H3/p+1. The second-order valence-electron chi connectivity index (χ2n) is 9.65. The molecule has 8 heteroatoms. The van der Waals surface area contributed by atoms with E-state index in [9.17, 15) is 14.7 Å². The van der Waals surface area contributed by atoms with Crippen molar-refractivity contribution in [2.45, 2.75) is 19.4 Å². The van der Waals surface area contributed by atoms with Crippen molar-refractivity contribution in [1.29, 1.82) is 0 Å². The van der Waals surface area contributed by atoms with Crippen LogP contribution in [0.15, 0.2) is 109 Å². The number of rotatable bonds is 4. The van der Waals surface area contributed by atoms with Crippen molar-refractivity contribution in [2.24, 2.45) is 0 Å². The molecule has 2 heterocycles. The maximum atomic E-state index is 14.4. The lowest BCUT2D eigenvalue weighted by Gasteiger charge is -2.25. The highest BCUT2D eigenvalue weighted by molar-refractivity contribution is 6.34. The average molecular weight is 585 g/mol. The number of carbonyl (C=O) groups excluding carboxylic acids is 2. The summed E-state index contributed by atoms with van der Waals surface area (Å²) in [4.78, 5) is 28.7. The molecule has 1 unspecified atom stereocenters. The van der Waals surface area contributed by atoms with Crippen LogP contribution < -0.4 is 14.4 Å². The van der Waals surface area contributed by atoms with Crippen LogP contribution in [0.2, 0.25) is 10.0 Å². The Morgan fingerprint density at radius 1 is 0.805 bits per heavy atom. The number of aliphatic hydroxyl groups excluding tert-OH is 1. The Morgan fingerprint density at radius 2 is 1.41 bits per heavy atom. The van der Waals surface area contributed by atoms with Gasteiger partial charge in [-0.05, 0) is 60.5 Å². The van der Waals surface area contributed by atoms with Gasteiger partial charge in [0, 0.05) is 17.2 Å². The molecule has 2 N–H and O–H groups in total. The van der Waals surface area contributed by atoms with Gasteiger partial charge in [-0.3, -0.25) is 0 Å². The van der Waals surface area contributed by atoms with Crippen molar-refractivity contribution in [3.8, 4) is 11.5 Å². The van der Waals surface area contributed by atoms with Crippen LogP contribution in [0.25, 0.3) is 5.57 Å². The molecule has 2 aliphatic heterocycles. The van der Waals surface area contributed by atoms with Gasteiger partial charge in [0.15, 0.2) is 11.8 Å². The minimum Gasteiger partial charge on any atom is -0.481 e. The molecular weight excluding hydrogens is 561 g/mol. The number of nitrogens with one attached hydrogen (secondary N) is 1. The van der Waals surface area contributed by atoms with Crippen LogP contribution in [-0.2, 0) is 6.42 Å². The summed E-state index contributed by atoms with van der Waals surface area (Å²) in [7, 11) is 0. The first-order valence-electron chi connectivity index (χ1n) is 13.1. The van der Waals surface area contributed by atoms with Crippen LogP contribution >= 0.6 is 23.2 Å². The molecule has 41 heavy (non-hydrogen) atoms. The molecule has 4 aromatic carbocycles. The van der Waals surface area contributed by atoms with Gasteiger partial charge in [0.1, 0.15) is 11.5 Å². The van der Waals surface area contributed by atoms with Gasteiger partial charge in [-0.25, -0.2) is 9.59 Å². The van der Waals surface area contributed by atoms with Gasteiger partial charge in [-0.15, -0.1) is 0 Å². The molecule has 2 amide bonds. The topological polar surface area (TPSA) is 77.3 Å². The molecular formula is C33H24Cl2NO5+. The minimum atomic E-state index is -0.936. The molecule has 1 atom stereocenters. The Kier molecular flexibility index (Phi) is 7.14. The number of benzene rings is 4. The third kappa shape index (κ3) is 4.80. The van der Waals surface area contributed by atoms with Gasteiger partial charge < -0.3 is 14.6 Å². The number of para-hydroxylation sites is 1. The third-order valence-corrected chi connectivity index (χ3v) is 7.88. The number of aryl methyl sites for hydroxylation is 1. The van der Waals surface area contributed by atoms with Crippen LogP contribution in [0.5, 0.6) is 11.5 Å². The quantitative estimate of drug-likeness (QED) is 0.259. The molecule has 0 aromatic heterocycles. The third-order valence-electron chi connectivity index (χ3n) is 7.22. The highest BCUT2D eigenvalue weighted by Crippen LogP contribution is 2.45. The second-order valence-corrected chi connectivity index (χ2v) is 10.5. The van der Waals surface area contributed by atoms with Crippen LogP contribution in [0.4, 0.5) is 0 Å². The number of ether oxygens (including phenoxy) is 2. The Labute approximate surface area is 246 Å². The summed E-state index contributed by atoms with van der Waals surface area (Å²) in [6.07, 6.45) is 2.22. The Morgan fingerprint density at radius 3 is 2.05 bits per heavy atom. The van der Waals surface area contributed by atoms with E-state index in [1.54, 1.807) is 60.7 Å². The number of hydrogen-bond acceptors (Lipinski definition) is 5. The van der Waals surface area contributed by atoms with Gasteiger partial charge >= 0.3 is 11.8 Å². The van der Waals surface area contributed by atoms with Crippen molar-refractivity contribution in [1.82, 2.24) is 0 Å². The molecule has 4 aromatic rings. The molecule has 0 saturated carbocycles. The van der Waals surface area contributed by atoms with Crippen molar-refractivity contribution in [3.05, 3.63) is 147 Å². The van der Waals surface area contributed by atoms with E-state index in [-0.39, 0.29) is 32.0 Å². The van der Waals surface area contributed by atoms with E-state index in [1.807, 2.05) is 37.3 Å². The van der Waals surface area contributed by atoms with E-state index in [4.69, 9.17) is 32.7 Å². The Bertz CT molecular complexity index is 1720. The van der Waals surface area contributed by atoms with E-state index in [1.165, 1.54) is 6.08 Å². The van der Waals surface area contributed by atoms with E-state index < -0.39 is 17.9 Å². The van der Waals surface area contributed by atoms with Crippen molar-refractivity contribution >= 4 is 40.6 Å². The van der Waals surface area contributed by atoms with E-state index >= 15 is 0 Å². The molecule has 2 aliphatic rings. The predicted molar refractivity (Wildman–Crippen MR) is 156 cm³/mol. The van der Waals surface area contributed by atoms with Gasteiger partial charge in [-0.2, -0.15) is 4.90 Å². The van der Waals surface area contributed by atoms with Crippen molar-refractivity contribution in [3.63, 3.8) is 0 Å². The number of aliphatic hydroxyl groups is 1. The zero-order chi connectivity index (χ0) is 28.7. The van der Waals surface area contributed by atoms with Gasteiger partial charge in [0.25, 0.3) is 5.95 Å². The molecule has 6 nitrogen and oxygen atoms in total. The fraction of sp³-hybridized carbons (Fsp3) is 0.0909. The normalized spacial score (nSPS) is 17.3. The highest BCUT2D eigenvalue weighted by atomic mass is 35.5. The largest absolute Gasteiger partial charge is 0.481 e. The lowest BCUT2D eigenvalue weighted by atomic mass is 9.93. The van der Waals surface area contributed by atoms with Crippen LogP contribution in [0.1, 0.15) is 50.4 Å². The van der Waals surface area contributed by atoms with E-state index in [2.05, 4.69) is 0 Å². The van der Waals surface area contributed by atoms with Crippen molar-refractivity contribution in [2.75, 3.05) is 0 Å². The number of imide groups is 1. The molecule has 0 bridgehead atoms. The zero-order valence-corrected chi connectivity index (χ0v) is 23.4. The first-order chi connectivity index (χ1) is 19.9. The second kappa shape index (κ2) is 10.9. The predicted octanol–water partition coefficient (Wildman–Crippen LogP) is 6.76. The maximum absolute atomic E-state index is 14.4. The summed E-state index contributed by atoms with van der Waals surface area (Å²) in [5.74, 6) is -0.202. The number of amides is 2. The number of hydrogen-bond donors (Lipinski definition) is 2. The molecule has 0 radical (unpaired) electrons. The molecule has 0 saturated heterocycles. The SMILES string of the molecule is CCc1ccc2c(c1)C(=C1Oc3ccccc3C1[NH+](C(=O)c1ccccc1Cl)C(=O)c1ccccc1Cl)C=C(O)O2. The van der Waals surface area contributed by atoms with Crippen molar-refractivity contribution < 1.29 is 29.1 Å². The number of quaternary nitrogens is 1. The number of allylic oxidation sites excluding steroid dienone is 2. The van der Waals surface area contributed by atoms with E-state index in [0.717, 1.165) is 12.0 Å². The zero-order valence-electron chi connectivity index (χ0n) is 21.9. The summed E-state index contributed by atoms with van der Waals surface area (Å²) >= 11 is 13.0. The van der Waals surface area contributed by atoms with Gasteiger partial charge in [0.2, 0.25) is 0 Å². The van der Waals surface area contributed by atoms with Gasteiger partial charge in [0.05, 0.1) is 26.7 Å². The molecule has 6 rings (SSSR count). The number of carbonyl (C=O) groups is 2. The number of fused-ring (bicyclic) bond motifs is 2. The molecule has 0 fully saturated rings. The molecule has 0 aliphatic carbocycles. The Hall–Kier alpha value is -4.36. The smallest absolute Gasteiger partial charge is 0.354 e. The van der Waals surface area contributed by atoms with Crippen LogP contribution in [0.3, 0.4) is 0 Å². The first-order valence-corrected chi connectivity index (χ1v) is 13.8. The lowest BCUT2D eigenvalue weighted by molar-refractivity contribution is -0.754. The fourth-order valence-corrected chi connectivity index (χ4v) is 5.66. The maximum Gasteiger partial charge on any atom is 0.354 e. The fourth-order valence-electron chi connectivity index (χ4n) is 5.22. The van der Waals surface area contributed by atoms with Gasteiger partial charge in [-0.1, -0.05) is 72.6 Å². The van der Waals surface area contributed by atoms with Crippen LogP contribution in [-0.4, -0.2) is 16.9 Å². The molecule has 0 spiro atoms. The monoisotopic (exact) mass is 584 g/mol. The summed E-state index contributed by atoms with van der Waals surface area (Å²) in [6.45, 7) is 2.03. The van der Waals surface area contributed by atoms with Crippen LogP contribution in [0, 0.1) is 0 Å². The highest BCUT2D eigenvalue weighted by Gasteiger charge is 2.48. The molecule has 204 valence electrons. The minimum absolute atomic E-state index is 0.0776. The summed E-state index contributed by atoms with van der Waals surface area (Å²) < 4.78 is 12.0. The summed E-state index contributed by atoms with van der Waals surface area (Å²) in [6, 6.07) is 25.1. The first kappa shape index (κ1) is 26.8. The average Bonchev–Trinajstić information content (AvgIpc) is 3.36.